The van der Waals surface area contributed by atoms with Gasteiger partial charge in [0.15, 0.2) is 0 Å². The van der Waals surface area contributed by atoms with Crippen LogP contribution in [0.1, 0.15) is 710 Å². The SMILES string of the molecule is CCCCCCCCCCCCCCCCCC(=O)C(CCCCCCCCCC)(C(=O)OCCCCCCCCCC)C(CCCCCCCCCCCCCCC)CCCCCCCCC(CCCCCCCCCCCCCCC)C(CCCCCCCCCC)(C(=O)CCCCCCCCCCCCCCCCC)C(=O)OCCCCCCCCCC. The van der Waals surface area contributed by atoms with Crippen molar-refractivity contribution in [3.8, 4) is 0 Å². The Hall–Kier alpha value is -1.72. The van der Waals surface area contributed by atoms with Crippen molar-refractivity contribution >= 4 is 23.5 Å². The van der Waals surface area contributed by atoms with E-state index in [2.05, 4.69) is 55.4 Å². The molecule has 0 amide bonds. The van der Waals surface area contributed by atoms with E-state index < -0.39 is 10.8 Å². The van der Waals surface area contributed by atoms with E-state index >= 15 is 19.2 Å². The standard InChI is InChI=1S/C120H234O6/c1-9-17-25-33-41-49-53-57-59-63-67-71-75-87-97-107-115(121)119(109-99-89-79-45-37-29-21-13-5,117(123)125-111-101-91-81-47-39-31-23-15-7)113(103-93-83-73-69-65-61-55-51-43-35-27-19-11-3)105-95-85-77-78-86-96-106-114(104-94-84-74-70-66-62-56-52-44-36-28-20-12-4)120(110-100-90-80-46-38-30-22-14-6,118(124)126-112-102-92-82-48-40-32-24-16-8)116(122)108-98-88-76-72-68-64-60-58-54-50-42-34-26-18-10-2/h113-114H,9-112H2,1-8H3. The van der Waals surface area contributed by atoms with Gasteiger partial charge in [0.25, 0.3) is 0 Å². The van der Waals surface area contributed by atoms with Crippen LogP contribution in [-0.2, 0) is 28.7 Å². The van der Waals surface area contributed by atoms with Crippen LogP contribution in [0.4, 0.5) is 0 Å². The molecule has 6 heteroatoms. The van der Waals surface area contributed by atoms with Crippen molar-refractivity contribution < 1.29 is 28.7 Å². The fourth-order valence-electron chi connectivity index (χ4n) is 21.4. The van der Waals surface area contributed by atoms with Crippen LogP contribution in [-0.4, -0.2) is 36.7 Å². The second kappa shape index (κ2) is 102. The van der Waals surface area contributed by atoms with Crippen LogP contribution in [0.25, 0.3) is 0 Å². The average molecular weight is 1770 g/mol. The predicted octanol–water partition coefficient (Wildman–Crippen LogP) is 42.4. The molecule has 0 bridgehead atoms. The first-order valence-corrected chi connectivity index (χ1v) is 59.6. The Morgan fingerprint density at radius 2 is 0.286 bits per heavy atom. The molecule has 4 unspecified atom stereocenters. The fraction of sp³-hybridized carbons (Fsp3) is 0.967. The summed E-state index contributed by atoms with van der Waals surface area (Å²) in [6.07, 6.45) is 124. The Bertz CT molecular complexity index is 2000. The number of esters is 2. The van der Waals surface area contributed by atoms with Crippen LogP contribution in [0.3, 0.4) is 0 Å². The van der Waals surface area contributed by atoms with Gasteiger partial charge >= 0.3 is 11.9 Å². The summed E-state index contributed by atoms with van der Waals surface area (Å²) in [5.74, 6) is 0.196. The molecule has 6 nitrogen and oxygen atoms in total. The van der Waals surface area contributed by atoms with E-state index in [1.54, 1.807) is 0 Å². The minimum atomic E-state index is -1.07. The largest absolute Gasteiger partial charge is 0.465 e. The topological polar surface area (TPSA) is 86.7 Å². The van der Waals surface area contributed by atoms with Crippen LogP contribution >= 0.6 is 0 Å². The molecule has 0 saturated carbocycles. The van der Waals surface area contributed by atoms with Crippen molar-refractivity contribution in [3.05, 3.63) is 0 Å². The Kier molecular flexibility index (Phi) is 101. The van der Waals surface area contributed by atoms with Gasteiger partial charge in [-0.25, -0.2) is 0 Å². The van der Waals surface area contributed by atoms with Gasteiger partial charge in [-0.15, -0.1) is 0 Å². The van der Waals surface area contributed by atoms with Gasteiger partial charge in [-0.2, -0.15) is 0 Å². The van der Waals surface area contributed by atoms with Gasteiger partial charge in [-0.05, 0) is 76.0 Å². The van der Waals surface area contributed by atoms with Crippen molar-refractivity contribution in [1.29, 1.82) is 0 Å². The van der Waals surface area contributed by atoms with Crippen molar-refractivity contribution in [2.24, 2.45) is 22.7 Å². The highest BCUT2D eigenvalue weighted by Crippen LogP contribution is 2.47. The Labute approximate surface area is 793 Å². The molecule has 126 heavy (non-hydrogen) atoms. The molecule has 0 spiro atoms. The molecule has 750 valence electrons. The summed E-state index contributed by atoms with van der Waals surface area (Å²) in [7, 11) is 0. The number of hydrogen-bond donors (Lipinski definition) is 0. The molecule has 0 rings (SSSR count). The van der Waals surface area contributed by atoms with Crippen molar-refractivity contribution in [2.45, 2.75) is 710 Å². The first-order chi connectivity index (χ1) is 62.2. The van der Waals surface area contributed by atoms with E-state index in [-0.39, 0.29) is 35.3 Å². The summed E-state index contributed by atoms with van der Waals surface area (Å²) in [5, 5.41) is 0. The van der Waals surface area contributed by atoms with E-state index in [1.165, 1.54) is 475 Å². The highest BCUT2D eigenvalue weighted by Gasteiger charge is 2.53. The van der Waals surface area contributed by atoms with Crippen LogP contribution in [0.2, 0.25) is 0 Å². The lowest BCUT2D eigenvalue weighted by Crippen LogP contribution is -2.47. The lowest BCUT2D eigenvalue weighted by atomic mass is 9.64. The molecular formula is C120H234O6. The first kappa shape index (κ1) is 124. The number of carbonyl (C=O) groups excluding carboxylic acids is 4. The third-order valence-electron chi connectivity index (χ3n) is 30.1. The smallest absolute Gasteiger partial charge is 0.319 e. The molecule has 0 aliphatic heterocycles. The lowest BCUT2D eigenvalue weighted by molar-refractivity contribution is -0.168. The van der Waals surface area contributed by atoms with Gasteiger partial charge in [0.1, 0.15) is 22.4 Å². The van der Waals surface area contributed by atoms with Gasteiger partial charge in [-0.1, -0.05) is 633 Å². The van der Waals surface area contributed by atoms with Gasteiger partial charge in [-0.3, -0.25) is 19.2 Å². The maximum atomic E-state index is 16.0. The Balaban J connectivity index is 7.49. The van der Waals surface area contributed by atoms with Crippen LogP contribution in [0.5, 0.6) is 0 Å². The monoisotopic (exact) mass is 1770 g/mol. The zero-order valence-electron chi connectivity index (χ0n) is 88.1. The maximum absolute atomic E-state index is 16.0. The lowest BCUT2D eigenvalue weighted by Gasteiger charge is -2.38. The highest BCUT2D eigenvalue weighted by molar-refractivity contribution is 6.05. The first-order valence-electron chi connectivity index (χ1n) is 59.6. The van der Waals surface area contributed by atoms with E-state index in [1.807, 2.05) is 0 Å². The van der Waals surface area contributed by atoms with Gasteiger partial charge in [0.05, 0.1) is 13.2 Å². The third kappa shape index (κ3) is 76.6. The van der Waals surface area contributed by atoms with Crippen molar-refractivity contribution in [2.75, 3.05) is 13.2 Å². The number of ketones is 2. The molecular weight excluding hydrogens is 1540 g/mol. The third-order valence-corrected chi connectivity index (χ3v) is 30.1. The highest BCUT2D eigenvalue weighted by atomic mass is 16.5. The van der Waals surface area contributed by atoms with E-state index in [0.717, 1.165) is 154 Å². The molecule has 0 aliphatic rings. The van der Waals surface area contributed by atoms with E-state index in [0.29, 0.717) is 38.9 Å². The number of carbonyl (C=O) groups is 4. The quantitative estimate of drug-likeness (QED) is 0.0343. The normalized spacial score (nSPS) is 13.2. The molecule has 4 atom stereocenters. The summed E-state index contributed by atoms with van der Waals surface area (Å²) in [5.41, 5.74) is -2.14. The molecule has 0 saturated heterocycles. The molecule has 0 N–H and O–H groups in total. The molecule has 0 aliphatic carbocycles. The summed E-state index contributed by atoms with van der Waals surface area (Å²) in [4.78, 5) is 63.6. The number of Topliss-reactive ketones (excluding diaryl/α,β-unsaturated/α-hetero) is 2. The zero-order valence-corrected chi connectivity index (χ0v) is 88.1. The Morgan fingerprint density at radius 1 is 0.159 bits per heavy atom. The predicted molar refractivity (Wildman–Crippen MR) is 560 cm³/mol. The maximum Gasteiger partial charge on any atom is 0.319 e. The van der Waals surface area contributed by atoms with Crippen molar-refractivity contribution in [1.82, 2.24) is 0 Å². The minimum absolute atomic E-state index is 0.00641. The number of unbranched alkanes of at least 4 members (excludes halogenated alkanes) is 85. The van der Waals surface area contributed by atoms with Gasteiger partial charge in [0.2, 0.25) is 0 Å². The summed E-state index contributed by atoms with van der Waals surface area (Å²) >= 11 is 0. The van der Waals surface area contributed by atoms with E-state index in [9.17, 15) is 0 Å². The van der Waals surface area contributed by atoms with E-state index in [4.69, 9.17) is 9.47 Å². The molecule has 0 radical (unpaired) electrons. The minimum Gasteiger partial charge on any atom is -0.465 e. The molecule has 0 fully saturated rings. The van der Waals surface area contributed by atoms with Crippen LogP contribution < -0.4 is 0 Å². The second-order valence-electron chi connectivity index (χ2n) is 42.0. The number of rotatable bonds is 111. The van der Waals surface area contributed by atoms with Crippen LogP contribution in [0.15, 0.2) is 0 Å². The molecule has 0 aromatic rings. The summed E-state index contributed by atoms with van der Waals surface area (Å²) in [6.45, 7) is 19.4. The molecule has 0 heterocycles. The number of hydrogen-bond acceptors (Lipinski definition) is 6. The zero-order chi connectivity index (χ0) is 91.4. The van der Waals surface area contributed by atoms with Gasteiger partial charge < -0.3 is 9.47 Å². The average Bonchev–Trinajstić information content (AvgIpc) is 0.786. The summed E-state index contributed by atoms with van der Waals surface area (Å²) in [6, 6.07) is 0. The molecule has 0 aromatic heterocycles. The Morgan fingerprint density at radius 3 is 0.444 bits per heavy atom. The summed E-state index contributed by atoms with van der Waals surface area (Å²) < 4.78 is 13.4. The second-order valence-corrected chi connectivity index (χ2v) is 42.0. The van der Waals surface area contributed by atoms with Gasteiger partial charge in [0, 0.05) is 12.8 Å². The van der Waals surface area contributed by atoms with Crippen molar-refractivity contribution in [3.63, 3.8) is 0 Å². The number of ether oxygens (including phenoxy) is 2. The fourth-order valence-corrected chi connectivity index (χ4v) is 21.4. The van der Waals surface area contributed by atoms with Crippen LogP contribution in [0, 0.1) is 22.7 Å². The molecule has 0 aromatic carbocycles.